The smallest absolute Gasteiger partial charge is 0.0899 e. The van der Waals surface area contributed by atoms with E-state index in [2.05, 4.69) is 12.2 Å². The third-order valence-corrected chi connectivity index (χ3v) is 3.16. The molecule has 0 amide bonds. The first-order valence-corrected chi connectivity index (χ1v) is 5.74. The molecule has 0 heterocycles. The van der Waals surface area contributed by atoms with E-state index >= 15 is 0 Å². The van der Waals surface area contributed by atoms with Gasteiger partial charge in [-0.3, -0.25) is 0 Å². The van der Waals surface area contributed by atoms with Crippen LogP contribution in [-0.4, -0.2) is 5.11 Å². The fraction of sp³-hybridized carbons (Fsp3) is 0.429. The first-order valence-electron chi connectivity index (χ1n) is 5.74. The Bertz CT molecular complexity index is 328. The van der Waals surface area contributed by atoms with Gasteiger partial charge in [0.15, 0.2) is 0 Å². The Hall–Kier alpha value is -1.08. The molecule has 0 spiro atoms. The molecular formula is C14H18O. The lowest BCUT2D eigenvalue weighted by molar-refractivity contribution is 0.0167. The Balaban J connectivity index is 2.20. The van der Waals surface area contributed by atoms with Crippen LogP contribution in [0, 0.1) is 0 Å². The molecule has 2 rings (SSSR count). The number of benzene rings is 1. The largest absolute Gasteiger partial charge is 0.385 e. The van der Waals surface area contributed by atoms with Crippen LogP contribution in [-0.2, 0) is 5.60 Å². The Morgan fingerprint density at radius 2 is 1.67 bits per heavy atom. The molecule has 1 nitrogen and oxygen atoms in total. The highest BCUT2D eigenvalue weighted by Crippen LogP contribution is 2.33. The maximum absolute atomic E-state index is 10.6. The van der Waals surface area contributed by atoms with Crippen LogP contribution in [0.5, 0.6) is 0 Å². The lowest BCUT2D eigenvalue weighted by Gasteiger charge is -2.29. The molecule has 1 aliphatic carbocycles. The molecule has 1 aliphatic rings. The zero-order chi connectivity index (χ0) is 10.6. The predicted molar refractivity (Wildman–Crippen MR) is 62.6 cm³/mol. The van der Waals surface area contributed by atoms with Gasteiger partial charge in [0, 0.05) is 0 Å². The van der Waals surface area contributed by atoms with Crippen molar-refractivity contribution in [1.29, 1.82) is 0 Å². The van der Waals surface area contributed by atoms with Crippen LogP contribution < -0.4 is 0 Å². The van der Waals surface area contributed by atoms with Crippen molar-refractivity contribution in [3.05, 3.63) is 48.0 Å². The minimum absolute atomic E-state index is 0.605. The van der Waals surface area contributed by atoms with Crippen molar-refractivity contribution in [3.8, 4) is 0 Å². The molecule has 1 aromatic rings. The molecule has 0 unspecified atom stereocenters. The minimum atomic E-state index is -0.605. The van der Waals surface area contributed by atoms with Gasteiger partial charge in [-0.05, 0) is 37.7 Å². The van der Waals surface area contributed by atoms with E-state index in [0.717, 1.165) is 37.7 Å². The summed E-state index contributed by atoms with van der Waals surface area (Å²) in [5, 5.41) is 10.6. The van der Waals surface area contributed by atoms with E-state index in [9.17, 15) is 5.11 Å². The van der Waals surface area contributed by atoms with Crippen molar-refractivity contribution < 1.29 is 5.11 Å². The van der Waals surface area contributed by atoms with Gasteiger partial charge in [-0.1, -0.05) is 42.5 Å². The van der Waals surface area contributed by atoms with Crippen LogP contribution in [0.2, 0.25) is 0 Å². The molecule has 0 aromatic heterocycles. The highest BCUT2D eigenvalue weighted by atomic mass is 16.3. The van der Waals surface area contributed by atoms with E-state index in [1.165, 1.54) is 0 Å². The van der Waals surface area contributed by atoms with Crippen LogP contribution in [0.3, 0.4) is 0 Å². The SMILES string of the molecule is O[C@]1(c2ccccc2)CC/C=C/CCC1. The monoisotopic (exact) mass is 202 g/mol. The van der Waals surface area contributed by atoms with Gasteiger partial charge in [-0.2, -0.15) is 0 Å². The first kappa shape index (κ1) is 10.4. The average molecular weight is 202 g/mol. The van der Waals surface area contributed by atoms with E-state index in [1.807, 2.05) is 30.3 Å². The summed E-state index contributed by atoms with van der Waals surface area (Å²) in [6, 6.07) is 10.1. The second kappa shape index (κ2) is 4.63. The first-order chi connectivity index (χ1) is 7.31. The molecule has 1 aromatic carbocycles. The second-order valence-corrected chi connectivity index (χ2v) is 4.30. The van der Waals surface area contributed by atoms with E-state index in [-0.39, 0.29) is 0 Å². The van der Waals surface area contributed by atoms with Crippen molar-refractivity contribution in [2.24, 2.45) is 0 Å². The summed E-state index contributed by atoms with van der Waals surface area (Å²) < 4.78 is 0. The lowest BCUT2D eigenvalue weighted by Crippen LogP contribution is -2.25. The zero-order valence-electron chi connectivity index (χ0n) is 9.02. The summed E-state index contributed by atoms with van der Waals surface area (Å²) in [5.41, 5.74) is 0.465. The molecule has 1 N–H and O–H groups in total. The summed E-state index contributed by atoms with van der Waals surface area (Å²) in [4.78, 5) is 0. The molecule has 1 heteroatoms. The topological polar surface area (TPSA) is 20.2 Å². The number of hydrogen-bond acceptors (Lipinski definition) is 1. The van der Waals surface area contributed by atoms with E-state index in [0.29, 0.717) is 0 Å². The molecule has 0 aliphatic heterocycles. The molecule has 0 saturated heterocycles. The summed E-state index contributed by atoms with van der Waals surface area (Å²) in [6.45, 7) is 0. The summed E-state index contributed by atoms with van der Waals surface area (Å²) in [5.74, 6) is 0. The van der Waals surface area contributed by atoms with Crippen LogP contribution in [0.1, 0.15) is 37.7 Å². The van der Waals surface area contributed by atoms with Gasteiger partial charge >= 0.3 is 0 Å². The number of allylic oxidation sites excluding steroid dienone is 2. The number of hydrogen-bond donors (Lipinski definition) is 1. The summed E-state index contributed by atoms with van der Waals surface area (Å²) in [7, 11) is 0. The molecule has 0 fully saturated rings. The van der Waals surface area contributed by atoms with E-state index in [4.69, 9.17) is 0 Å². The van der Waals surface area contributed by atoms with Crippen molar-refractivity contribution >= 4 is 0 Å². The quantitative estimate of drug-likeness (QED) is 0.692. The molecular weight excluding hydrogens is 184 g/mol. The van der Waals surface area contributed by atoms with Crippen LogP contribution in [0.25, 0.3) is 0 Å². The summed E-state index contributed by atoms with van der Waals surface area (Å²) >= 11 is 0. The third-order valence-electron chi connectivity index (χ3n) is 3.16. The zero-order valence-corrected chi connectivity index (χ0v) is 9.02. The van der Waals surface area contributed by atoms with Crippen molar-refractivity contribution in [1.82, 2.24) is 0 Å². The molecule has 80 valence electrons. The molecule has 1 atom stereocenters. The lowest BCUT2D eigenvalue weighted by atomic mass is 9.83. The predicted octanol–water partition coefficient (Wildman–Crippen LogP) is 3.39. The summed E-state index contributed by atoms with van der Waals surface area (Å²) in [6.07, 6.45) is 9.27. The Morgan fingerprint density at radius 1 is 0.933 bits per heavy atom. The van der Waals surface area contributed by atoms with Crippen molar-refractivity contribution in [2.45, 2.75) is 37.7 Å². The van der Waals surface area contributed by atoms with Crippen molar-refractivity contribution in [2.75, 3.05) is 0 Å². The van der Waals surface area contributed by atoms with E-state index in [1.54, 1.807) is 0 Å². The normalized spacial score (nSPS) is 29.1. The van der Waals surface area contributed by atoms with Crippen LogP contribution in [0.15, 0.2) is 42.5 Å². The molecule has 0 bridgehead atoms. The average Bonchev–Trinajstić information content (AvgIpc) is 2.25. The number of rotatable bonds is 1. The number of aliphatic hydroxyl groups is 1. The highest BCUT2D eigenvalue weighted by Gasteiger charge is 2.27. The fourth-order valence-electron chi connectivity index (χ4n) is 2.23. The van der Waals surface area contributed by atoms with Gasteiger partial charge in [0.1, 0.15) is 0 Å². The molecule has 0 radical (unpaired) electrons. The standard InChI is InChI=1S/C14H18O/c15-14(13-9-5-4-6-10-13)11-7-2-1-3-8-12-14/h1-2,4-6,9-10,15H,3,7-8,11-12H2/b2-1+/t14-/m1/s1. The van der Waals surface area contributed by atoms with Gasteiger partial charge in [0.05, 0.1) is 5.60 Å². The van der Waals surface area contributed by atoms with Gasteiger partial charge < -0.3 is 5.11 Å². The molecule has 0 saturated carbocycles. The maximum Gasteiger partial charge on any atom is 0.0899 e. The van der Waals surface area contributed by atoms with Gasteiger partial charge in [-0.15, -0.1) is 0 Å². The Labute approximate surface area is 91.4 Å². The Kier molecular flexibility index (Phi) is 3.22. The fourth-order valence-corrected chi connectivity index (χ4v) is 2.23. The second-order valence-electron chi connectivity index (χ2n) is 4.30. The van der Waals surface area contributed by atoms with Crippen LogP contribution in [0.4, 0.5) is 0 Å². The molecule has 15 heavy (non-hydrogen) atoms. The minimum Gasteiger partial charge on any atom is -0.385 e. The van der Waals surface area contributed by atoms with Crippen LogP contribution >= 0.6 is 0 Å². The Morgan fingerprint density at radius 3 is 2.47 bits per heavy atom. The van der Waals surface area contributed by atoms with Gasteiger partial charge in [0.2, 0.25) is 0 Å². The van der Waals surface area contributed by atoms with E-state index < -0.39 is 5.60 Å². The maximum atomic E-state index is 10.6. The van der Waals surface area contributed by atoms with Gasteiger partial charge in [-0.25, -0.2) is 0 Å². The highest BCUT2D eigenvalue weighted by molar-refractivity contribution is 5.22. The van der Waals surface area contributed by atoms with Crippen molar-refractivity contribution in [3.63, 3.8) is 0 Å². The van der Waals surface area contributed by atoms with Gasteiger partial charge in [0.25, 0.3) is 0 Å². The third kappa shape index (κ3) is 2.48.